The van der Waals surface area contributed by atoms with Gasteiger partial charge in [0.05, 0.1) is 22.2 Å². The summed E-state index contributed by atoms with van der Waals surface area (Å²) in [5.41, 5.74) is 20.6. The van der Waals surface area contributed by atoms with E-state index in [2.05, 4.69) is 261 Å². The molecule has 322 valence electrons. The predicted molar refractivity (Wildman–Crippen MR) is 287 cm³/mol. The molecule has 13 rings (SSSR count). The first kappa shape index (κ1) is 39.6. The van der Waals surface area contributed by atoms with E-state index < -0.39 is 0 Å². The maximum atomic E-state index is 2.56. The van der Waals surface area contributed by atoms with Gasteiger partial charge in [-0.15, -0.1) is 0 Å². The Hall–Kier alpha value is -7.76. The Morgan fingerprint density at radius 3 is 1.54 bits per heavy atom. The van der Waals surface area contributed by atoms with Gasteiger partial charge in [-0.3, -0.25) is 0 Å². The zero-order chi connectivity index (χ0) is 45.3. The topological polar surface area (TPSA) is 14.1 Å². The highest BCUT2D eigenvalue weighted by Crippen LogP contribution is 2.50. The molecule has 11 aromatic rings. The maximum Gasteiger partial charge on any atom is 0.252 e. The van der Waals surface area contributed by atoms with Gasteiger partial charge in [-0.2, -0.15) is 0 Å². The van der Waals surface area contributed by atoms with Crippen LogP contribution in [0.1, 0.15) is 52.7 Å². The van der Waals surface area contributed by atoms with Crippen molar-refractivity contribution in [3.8, 4) is 0 Å². The molecule has 0 saturated heterocycles. The van der Waals surface area contributed by atoms with Crippen molar-refractivity contribution in [2.75, 3.05) is 14.7 Å². The Balaban J connectivity index is 1.19. The summed E-state index contributed by atoms with van der Waals surface area (Å²) in [6.07, 6.45) is 0. The van der Waals surface area contributed by atoms with Gasteiger partial charge < -0.3 is 19.1 Å². The third kappa shape index (κ3) is 5.93. The molecule has 4 heterocycles. The molecule has 2 aliphatic heterocycles. The first-order valence-electron chi connectivity index (χ1n) is 23.7. The number of hydrogen-bond acceptors (Lipinski definition) is 3. The Labute approximate surface area is 393 Å². The fraction of sp³-hybridized carbons (Fsp3) is 0.129. The predicted octanol–water partition coefficient (Wildman–Crippen LogP) is 15.0. The lowest BCUT2D eigenvalue weighted by molar-refractivity contribution is 0.590. The van der Waals surface area contributed by atoms with Crippen molar-refractivity contribution >= 4 is 112 Å². The largest absolute Gasteiger partial charge is 0.311 e. The first-order valence-corrected chi connectivity index (χ1v) is 23.7. The second-order valence-corrected chi connectivity index (χ2v) is 20.6. The van der Waals surface area contributed by atoms with Crippen LogP contribution in [0.3, 0.4) is 0 Å². The van der Waals surface area contributed by atoms with E-state index in [9.17, 15) is 0 Å². The third-order valence-electron chi connectivity index (χ3n) is 14.6. The molecule has 0 spiro atoms. The van der Waals surface area contributed by atoms with Crippen LogP contribution in [0.25, 0.3) is 38.1 Å². The molecule has 0 bridgehead atoms. The molecule has 0 N–H and O–H groups in total. The molecule has 0 radical (unpaired) electrons. The standard InChI is InChI=1S/C62H51BN4/c1-61(2,3)40-29-32-45(33-30-40)65-54-34-31-41(62(4,5)6)35-51(54)63-52-38-50-49-27-18-26-48-47-25-16-17-28-53(47)67(60(48)49)55(50)39-56(52)66(44-23-14-9-15-24-44)58-37-46(36-57(65)59(58)63)64(42-19-10-7-11-20-42)43-21-12-8-13-22-43/h7-39H,1-6H3. The lowest BCUT2D eigenvalue weighted by Gasteiger charge is -2.45. The Kier molecular flexibility index (Phi) is 8.49. The third-order valence-corrected chi connectivity index (χ3v) is 14.6. The van der Waals surface area contributed by atoms with Crippen LogP contribution in [0.4, 0.5) is 51.2 Å². The van der Waals surface area contributed by atoms with Gasteiger partial charge in [-0.1, -0.05) is 163 Å². The molecule has 67 heavy (non-hydrogen) atoms. The molecule has 0 amide bonds. The van der Waals surface area contributed by atoms with Crippen molar-refractivity contribution in [1.29, 1.82) is 0 Å². The van der Waals surface area contributed by atoms with Crippen molar-refractivity contribution in [2.24, 2.45) is 0 Å². The Morgan fingerprint density at radius 1 is 0.373 bits per heavy atom. The summed E-state index contributed by atoms with van der Waals surface area (Å²) in [5.74, 6) is 0. The first-order chi connectivity index (χ1) is 32.5. The molecule has 2 aliphatic rings. The summed E-state index contributed by atoms with van der Waals surface area (Å²) in [6.45, 7) is 13.9. The van der Waals surface area contributed by atoms with Crippen molar-refractivity contribution in [2.45, 2.75) is 52.4 Å². The fourth-order valence-electron chi connectivity index (χ4n) is 11.3. The number of aromatic nitrogens is 1. The molecule has 0 aliphatic carbocycles. The van der Waals surface area contributed by atoms with Crippen LogP contribution in [0.15, 0.2) is 200 Å². The van der Waals surface area contributed by atoms with E-state index in [-0.39, 0.29) is 17.5 Å². The van der Waals surface area contributed by atoms with E-state index in [1.54, 1.807) is 0 Å². The second kappa shape index (κ2) is 14.4. The van der Waals surface area contributed by atoms with Gasteiger partial charge >= 0.3 is 0 Å². The number of hydrogen-bond donors (Lipinski definition) is 0. The van der Waals surface area contributed by atoms with Crippen molar-refractivity contribution in [3.63, 3.8) is 0 Å². The number of nitrogens with zero attached hydrogens (tertiary/aromatic N) is 4. The number of para-hydroxylation sites is 5. The highest BCUT2D eigenvalue weighted by atomic mass is 15.2. The SMILES string of the molecule is CC(C)(C)c1ccc(N2c3ccc(C(C)(C)C)cc3B3c4cc5c6cccc7c8ccccc8n(c5cc4N(c4ccccc4)c4cc(N(c5ccccc5)c5ccccc5)cc2c43)c76)cc1. The summed E-state index contributed by atoms with van der Waals surface area (Å²) < 4.78 is 2.53. The minimum atomic E-state index is -0.0568. The molecular formula is C62H51BN4. The monoisotopic (exact) mass is 862 g/mol. The minimum Gasteiger partial charge on any atom is -0.311 e. The summed E-state index contributed by atoms with van der Waals surface area (Å²) in [6, 6.07) is 75.1. The summed E-state index contributed by atoms with van der Waals surface area (Å²) in [5, 5.41) is 5.16. The number of anilines is 9. The van der Waals surface area contributed by atoms with Gasteiger partial charge in [0.25, 0.3) is 6.71 Å². The zero-order valence-corrected chi connectivity index (χ0v) is 38.9. The normalized spacial score (nSPS) is 13.4. The van der Waals surface area contributed by atoms with Crippen LogP contribution < -0.4 is 31.1 Å². The van der Waals surface area contributed by atoms with Gasteiger partial charge in [-0.25, -0.2) is 0 Å². The van der Waals surface area contributed by atoms with E-state index in [1.807, 2.05) is 0 Å². The maximum absolute atomic E-state index is 2.56. The molecule has 0 atom stereocenters. The fourth-order valence-corrected chi connectivity index (χ4v) is 11.3. The average molecular weight is 863 g/mol. The van der Waals surface area contributed by atoms with E-state index in [0.29, 0.717) is 0 Å². The molecule has 2 aromatic heterocycles. The summed E-state index contributed by atoms with van der Waals surface area (Å²) in [4.78, 5) is 7.54. The van der Waals surface area contributed by atoms with Crippen LogP contribution in [-0.2, 0) is 10.8 Å². The second-order valence-electron chi connectivity index (χ2n) is 20.6. The van der Waals surface area contributed by atoms with Crippen molar-refractivity contribution < 1.29 is 0 Å². The Morgan fingerprint density at radius 2 is 0.896 bits per heavy atom. The van der Waals surface area contributed by atoms with Gasteiger partial charge in [0, 0.05) is 67.0 Å². The molecule has 5 heteroatoms. The summed E-state index contributed by atoms with van der Waals surface area (Å²) >= 11 is 0. The molecule has 0 fully saturated rings. The lowest BCUT2D eigenvalue weighted by Crippen LogP contribution is -2.61. The number of rotatable bonds is 5. The zero-order valence-electron chi connectivity index (χ0n) is 38.9. The van der Waals surface area contributed by atoms with E-state index in [4.69, 9.17) is 0 Å². The van der Waals surface area contributed by atoms with E-state index in [0.717, 1.165) is 28.4 Å². The number of fused-ring (bicyclic) bond motifs is 10. The van der Waals surface area contributed by atoms with E-state index in [1.165, 1.54) is 88.4 Å². The molecular weight excluding hydrogens is 812 g/mol. The Bertz CT molecular complexity index is 3670. The molecule has 0 unspecified atom stereocenters. The van der Waals surface area contributed by atoms with Gasteiger partial charge in [0.15, 0.2) is 0 Å². The van der Waals surface area contributed by atoms with Crippen LogP contribution in [0.2, 0.25) is 0 Å². The van der Waals surface area contributed by atoms with Crippen LogP contribution in [0.5, 0.6) is 0 Å². The van der Waals surface area contributed by atoms with Crippen LogP contribution in [-0.4, -0.2) is 11.1 Å². The van der Waals surface area contributed by atoms with Gasteiger partial charge in [0.1, 0.15) is 0 Å². The highest BCUT2D eigenvalue weighted by Gasteiger charge is 2.45. The van der Waals surface area contributed by atoms with Crippen LogP contribution in [0, 0.1) is 0 Å². The summed E-state index contributed by atoms with van der Waals surface area (Å²) in [7, 11) is 0. The van der Waals surface area contributed by atoms with Gasteiger partial charge in [-0.05, 0) is 117 Å². The van der Waals surface area contributed by atoms with Gasteiger partial charge in [0.2, 0.25) is 0 Å². The molecule has 4 nitrogen and oxygen atoms in total. The molecule has 9 aromatic carbocycles. The average Bonchev–Trinajstić information content (AvgIpc) is 3.86. The van der Waals surface area contributed by atoms with Crippen molar-refractivity contribution in [3.05, 3.63) is 211 Å². The van der Waals surface area contributed by atoms with Crippen LogP contribution >= 0.6 is 0 Å². The number of benzene rings is 9. The molecule has 0 saturated carbocycles. The van der Waals surface area contributed by atoms with Crippen molar-refractivity contribution in [1.82, 2.24) is 4.40 Å². The van der Waals surface area contributed by atoms with E-state index >= 15 is 0 Å². The smallest absolute Gasteiger partial charge is 0.252 e. The quantitative estimate of drug-likeness (QED) is 0.160. The lowest BCUT2D eigenvalue weighted by atomic mass is 9.33. The minimum absolute atomic E-state index is 0.0215. The highest BCUT2D eigenvalue weighted by molar-refractivity contribution is 7.00.